The van der Waals surface area contributed by atoms with Crippen LogP contribution in [0.25, 0.3) is 33.6 Å². The molecule has 0 spiro atoms. The third-order valence-electron chi connectivity index (χ3n) is 7.30. The Labute approximate surface area is 228 Å². The number of H-pyrrole nitrogens is 2. The monoisotopic (exact) mass is 526 g/mol. The van der Waals surface area contributed by atoms with E-state index in [4.69, 9.17) is 9.47 Å². The van der Waals surface area contributed by atoms with Gasteiger partial charge in [-0.05, 0) is 50.7 Å². The second-order valence-corrected chi connectivity index (χ2v) is 10.4. The standard InChI is InChI=1S/C30H34N6O3/c1-4-6-35(3)14-27-31-12-23(33-27)19-8-21-16-39-26-11-20(9-22-17-38-25(10-19)29(21)30(22)26)24-13-32-28(34-24)15-36(18-37)7-5-2/h8-13,18H,4-7,14-17H2,1-3H3,(H,31,33)(H,32,34). The molecule has 0 radical (unpaired) electrons. The van der Waals surface area contributed by atoms with Gasteiger partial charge in [0, 0.05) is 39.9 Å². The zero-order chi connectivity index (χ0) is 26.9. The van der Waals surface area contributed by atoms with Crippen molar-refractivity contribution < 1.29 is 14.3 Å². The molecule has 6 rings (SSSR count). The highest BCUT2D eigenvalue weighted by Crippen LogP contribution is 2.50. The van der Waals surface area contributed by atoms with Crippen molar-refractivity contribution in [1.82, 2.24) is 29.7 Å². The lowest BCUT2D eigenvalue weighted by Gasteiger charge is -2.30. The number of nitrogens with zero attached hydrogens (tertiary/aromatic N) is 4. The number of aromatic nitrogens is 4. The summed E-state index contributed by atoms with van der Waals surface area (Å²) in [5.41, 5.74) is 8.31. The van der Waals surface area contributed by atoms with Crippen molar-refractivity contribution in [2.24, 2.45) is 0 Å². The zero-order valence-electron chi connectivity index (χ0n) is 22.7. The molecule has 0 fully saturated rings. The molecule has 2 aromatic heterocycles. The Hall–Kier alpha value is -4.11. The maximum Gasteiger partial charge on any atom is 0.210 e. The Morgan fingerprint density at radius 2 is 1.36 bits per heavy atom. The van der Waals surface area contributed by atoms with Gasteiger partial charge in [-0.15, -0.1) is 0 Å². The molecule has 0 saturated heterocycles. The zero-order valence-corrected chi connectivity index (χ0v) is 22.7. The Bertz CT molecular complexity index is 1460. The van der Waals surface area contributed by atoms with Crippen LogP contribution in [-0.2, 0) is 31.1 Å². The van der Waals surface area contributed by atoms with Crippen LogP contribution in [0.15, 0.2) is 36.7 Å². The molecular formula is C30H34N6O3. The quantitative estimate of drug-likeness (QED) is 0.263. The van der Waals surface area contributed by atoms with Crippen LogP contribution in [0.5, 0.6) is 11.5 Å². The third kappa shape index (κ3) is 4.90. The van der Waals surface area contributed by atoms with Gasteiger partial charge in [-0.25, -0.2) is 9.97 Å². The number of hydrogen-bond donors (Lipinski definition) is 2. The van der Waals surface area contributed by atoms with Crippen molar-refractivity contribution in [3.63, 3.8) is 0 Å². The molecule has 202 valence electrons. The van der Waals surface area contributed by atoms with Crippen molar-refractivity contribution in [3.8, 4) is 45.1 Å². The molecule has 0 saturated carbocycles. The minimum absolute atomic E-state index is 0.459. The normalized spacial score (nSPS) is 13.1. The van der Waals surface area contributed by atoms with Gasteiger partial charge in [0.1, 0.15) is 36.4 Å². The molecule has 2 aliphatic heterocycles. The van der Waals surface area contributed by atoms with E-state index >= 15 is 0 Å². The van der Waals surface area contributed by atoms with Crippen molar-refractivity contribution in [3.05, 3.63) is 59.4 Å². The lowest BCUT2D eigenvalue weighted by molar-refractivity contribution is -0.118. The Kier molecular flexibility index (Phi) is 6.83. The molecule has 0 bridgehead atoms. The van der Waals surface area contributed by atoms with Crippen LogP contribution in [0.3, 0.4) is 0 Å². The maximum absolute atomic E-state index is 11.3. The Morgan fingerprint density at radius 3 is 1.87 bits per heavy atom. The van der Waals surface area contributed by atoms with Crippen LogP contribution in [0, 0.1) is 0 Å². The molecule has 0 unspecified atom stereocenters. The van der Waals surface area contributed by atoms with Gasteiger partial charge in [-0.3, -0.25) is 9.69 Å². The van der Waals surface area contributed by atoms with E-state index in [0.717, 1.165) is 100 Å². The molecule has 9 heteroatoms. The van der Waals surface area contributed by atoms with Crippen LogP contribution in [-0.4, -0.2) is 56.3 Å². The molecule has 4 aromatic rings. The number of nitrogens with one attached hydrogen (secondary N) is 2. The van der Waals surface area contributed by atoms with Crippen LogP contribution >= 0.6 is 0 Å². The van der Waals surface area contributed by atoms with Crippen molar-refractivity contribution >= 4 is 6.41 Å². The highest BCUT2D eigenvalue weighted by atomic mass is 16.5. The first-order valence-electron chi connectivity index (χ1n) is 13.6. The molecule has 1 amide bonds. The van der Waals surface area contributed by atoms with Gasteiger partial charge >= 0.3 is 0 Å². The summed E-state index contributed by atoms with van der Waals surface area (Å²) >= 11 is 0. The first kappa shape index (κ1) is 25.2. The van der Waals surface area contributed by atoms with E-state index in [9.17, 15) is 4.79 Å². The van der Waals surface area contributed by atoms with E-state index in [1.165, 1.54) is 0 Å². The molecule has 4 heterocycles. The molecule has 39 heavy (non-hydrogen) atoms. The van der Waals surface area contributed by atoms with Gasteiger partial charge < -0.3 is 24.3 Å². The van der Waals surface area contributed by atoms with Crippen LogP contribution in [0.2, 0.25) is 0 Å². The van der Waals surface area contributed by atoms with E-state index in [-0.39, 0.29) is 0 Å². The largest absolute Gasteiger partial charge is 0.488 e. The van der Waals surface area contributed by atoms with E-state index < -0.39 is 0 Å². The SMILES string of the molecule is CCCN(C)Cc1ncc(-c2cc3c4c(c2)OCc2cc(-c5cnc(CN(C=O)CCC)[nH]5)cc(c2-4)OC3)[nH]1. The van der Waals surface area contributed by atoms with Crippen LogP contribution in [0.1, 0.15) is 49.5 Å². The van der Waals surface area contributed by atoms with Crippen molar-refractivity contribution in [2.45, 2.75) is 53.0 Å². The van der Waals surface area contributed by atoms with Gasteiger partial charge in [-0.2, -0.15) is 0 Å². The summed E-state index contributed by atoms with van der Waals surface area (Å²) in [5.74, 6) is 3.44. The fourth-order valence-electron chi connectivity index (χ4n) is 5.54. The number of aromatic amines is 2. The van der Waals surface area contributed by atoms with E-state index in [2.05, 4.69) is 70.0 Å². The van der Waals surface area contributed by atoms with Crippen molar-refractivity contribution in [2.75, 3.05) is 20.1 Å². The molecule has 2 aliphatic rings. The minimum Gasteiger partial charge on any atom is -0.488 e. The summed E-state index contributed by atoms with van der Waals surface area (Å²) in [6, 6.07) is 8.49. The van der Waals surface area contributed by atoms with E-state index in [0.29, 0.717) is 26.3 Å². The molecule has 2 aromatic carbocycles. The van der Waals surface area contributed by atoms with Crippen molar-refractivity contribution in [1.29, 1.82) is 0 Å². The first-order chi connectivity index (χ1) is 19.1. The van der Waals surface area contributed by atoms with Gasteiger partial charge in [0.05, 0.1) is 36.9 Å². The molecule has 9 nitrogen and oxygen atoms in total. The summed E-state index contributed by atoms with van der Waals surface area (Å²) in [4.78, 5) is 31.3. The number of hydrogen-bond acceptors (Lipinski definition) is 6. The van der Waals surface area contributed by atoms with Gasteiger partial charge in [0.2, 0.25) is 6.41 Å². The predicted octanol–water partition coefficient (Wildman–Crippen LogP) is 5.13. The number of carbonyl (C=O) groups excluding carboxylic acids is 1. The predicted molar refractivity (Wildman–Crippen MR) is 149 cm³/mol. The second-order valence-electron chi connectivity index (χ2n) is 10.4. The lowest BCUT2D eigenvalue weighted by Crippen LogP contribution is -2.22. The number of imidazole rings is 2. The fourth-order valence-corrected chi connectivity index (χ4v) is 5.54. The smallest absolute Gasteiger partial charge is 0.210 e. The van der Waals surface area contributed by atoms with E-state index in [1.807, 2.05) is 12.4 Å². The highest BCUT2D eigenvalue weighted by Gasteiger charge is 2.30. The van der Waals surface area contributed by atoms with Gasteiger partial charge in [0.25, 0.3) is 0 Å². The topological polar surface area (TPSA) is 99.4 Å². The first-order valence-corrected chi connectivity index (χ1v) is 13.6. The summed E-state index contributed by atoms with van der Waals surface area (Å²) in [7, 11) is 2.11. The maximum atomic E-state index is 11.3. The minimum atomic E-state index is 0.459. The summed E-state index contributed by atoms with van der Waals surface area (Å²) in [6.07, 6.45) is 6.61. The molecule has 2 N–H and O–H groups in total. The van der Waals surface area contributed by atoms with Crippen LogP contribution in [0.4, 0.5) is 0 Å². The Balaban J connectivity index is 1.28. The van der Waals surface area contributed by atoms with Crippen LogP contribution < -0.4 is 9.47 Å². The molecule has 0 atom stereocenters. The molecule has 0 aliphatic carbocycles. The Morgan fingerprint density at radius 1 is 0.821 bits per heavy atom. The molecular weight excluding hydrogens is 492 g/mol. The number of ether oxygens (including phenoxy) is 2. The lowest BCUT2D eigenvalue weighted by atomic mass is 9.87. The van der Waals surface area contributed by atoms with E-state index in [1.54, 1.807) is 4.90 Å². The average molecular weight is 527 g/mol. The average Bonchev–Trinajstić information content (AvgIpc) is 3.61. The number of carbonyl (C=O) groups is 1. The summed E-state index contributed by atoms with van der Waals surface area (Å²) in [5, 5.41) is 0. The number of amides is 1. The van der Waals surface area contributed by atoms with Gasteiger partial charge in [0.15, 0.2) is 0 Å². The number of benzene rings is 2. The highest BCUT2D eigenvalue weighted by molar-refractivity contribution is 5.88. The number of rotatable bonds is 11. The van der Waals surface area contributed by atoms with Gasteiger partial charge in [-0.1, -0.05) is 13.8 Å². The third-order valence-corrected chi connectivity index (χ3v) is 7.30. The summed E-state index contributed by atoms with van der Waals surface area (Å²) < 4.78 is 12.6. The fraction of sp³-hybridized carbons (Fsp3) is 0.367. The second kappa shape index (κ2) is 10.6. The summed E-state index contributed by atoms with van der Waals surface area (Å²) in [6.45, 7) is 8.15.